The largest absolute Gasteiger partial charge is 0.301 e. The Morgan fingerprint density at radius 1 is 1.41 bits per heavy atom. The number of thiazole rings is 1. The highest BCUT2D eigenvalue weighted by molar-refractivity contribution is 9.10. The van der Waals surface area contributed by atoms with Crippen LogP contribution in [0.4, 0.5) is 15.9 Å². The number of nitrogens with one attached hydrogen (secondary N) is 2. The van der Waals surface area contributed by atoms with E-state index in [1.165, 1.54) is 35.8 Å². The molecule has 0 atom stereocenters. The summed E-state index contributed by atoms with van der Waals surface area (Å²) in [6.07, 6.45) is 1.20. The number of nitrogens with zero attached hydrogens (tertiary/aromatic N) is 4. The second kappa shape index (κ2) is 8.22. The molecule has 2 heterocycles. The zero-order chi connectivity index (χ0) is 19.4. The molecule has 0 aliphatic carbocycles. The van der Waals surface area contributed by atoms with Gasteiger partial charge in [0.1, 0.15) is 16.9 Å². The van der Waals surface area contributed by atoms with Crippen LogP contribution in [0.3, 0.4) is 0 Å². The van der Waals surface area contributed by atoms with Crippen LogP contribution >= 0.6 is 27.3 Å². The van der Waals surface area contributed by atoms with Gasteiger partial charge in [0.25, 0.3) is 5.91 Å². The number of oxime groups is 1. The van der Waals surface area contributed by atoms with Gasteiger partial charge in [-0.15, -0.1) is 11.3 Å². The zero-order valence-corrected chi connectivity index (χ0v) is 16.4. The van der Waals surface area contributed by atoms with Gasteiger partial charge in [-0.3, -0.25) is 9.73 Å². The second-order valence-corrected chi connectivity index (χ2v) is 7.21. The van der Waals surface area contributed by atoms with Crippen molar-refractivity contribution in [2.24, 2.45) is 5.16 Å². The first-order valence-corrected chi connectivity index (χ1v) is 9.03. The van der Waals surface area contributed by atoms with Gasteiger partial charge in [-0.1, -0.05) is 5.16 Å². The van der Waals surface area contributed by atoms with E-state index in [1.54, 1.807) is 6.92 Å². The summed E-state index contributed by atoms with van der Waals surface area (Å²) in [6.45, 7) is 3.56. The predicted octanol–water partition coefficient (Wildman–Crippen LogP) is 3.67. The van der Waals surface area contributed by atoms with Gasteiger partial charge >= 0.3 is 0 Å². The third-order valence-corrected chi connectivity index (χ3v) is 4.85. The summed E-state index contributed by atoms with van der Waals surface area (Å²) in [4.78, 5) is 21.9. The number of aryl methyl sites for hydroxylation is 2. The van der Waals surface area contributed by atoms with E-state index in [4.69, 9.17) is 4.94 Å². The molecule has 0 saturated carbocycles. The molecule has 0 aliphatic heterocycles. The number of carbonyl (C=O) groups is 1. The molecule has 0 aliphatic rings. The van der Waals surface area contributed by atoms with Gasteiger partial charge in [-0.05, 0) is 58.3 Å². The maximum Gasteiger partial charge on any atom is 0.268 e. The van der Waals surface area contributed by atoms with Crippen LogP contribution in [0.2, 0.25) is 0 Å². The van der Waals surface area contributed by atoms with Crippen molar-refractivity contribution in [3.8, 4) is 0 Å². The maximum absolute atomic E-state index is 13.2. The maximum atomic E-state index is 13.2. The molecular weight excluding hydrogens is 443 g/mol. The number of amides is 1. The molecule has 2 N–H and O–H groups in total. The molecule has 12 heteroatoms. The molecule has 2 aromatic heterocycles. The Morgan fingerprint density at radius 2 is 2.22 bits per heavy atom. The molecule has 9 nitrogen and oxygen atoms in total. The quantitative estimate of drug-likeness (QED) is 0.431. The summed E-state index contributed by atoms with van der Waals surface area (Å²) in [7, 11) is 0. The molecule has 0 unspecified atom stereocenters. The first-order valence-electron chi connectivity index (χ1n) is 7.42. The minimum absolute atomic E-state index is 0.0855. The lowest BCUT2D eigenvalue weighted by Gasteiger charge is -2.03. The van der Waals surface area contributed by atoms with Crippen molar-refractivity contribution < 1.29 is 18.8 Å². The summed E-state index contributed by atoms with van der Waals surface area (Å²) in [5.41, 5.74) is 3.76. The van der Waals surface area contributed by atoms with Gasteiger partial charge in [-0.2, -0.15) is 5.48 Å². The third-order valence-electron chi connectivity index (χ3n) is 3.17. The van der Waals surface area contributed by atoms with E-state index in [1.807, 2.05) is 6.92 Å². The highest BCUT2D eigenvalue weighted by Gasteiger charge is 2.17. The number of rotatable bonds is 6. The summed E-state index contributed by atoms with van der Waals surface area (Å²) in [5.74, 6) is -0.689. The molecule has 1 amide bonds. The fourth-order valence-electron chi connectivity index (χ4n) is 1.99. The molecule has 1 aromatic carbocycles. The second-order valence-electron chi connectivity index (χ2n) is 5.16. The first-order chi connectivity index (χ1) is 12.9. The molecule has 0 fully saturated rings. The van der Waals surface area contributed by atoms with Crippen molar-refractivity contribution >= 4 is 50.9 Å². The smallest absolute Gasteiger partial charge is 0.268 e. The summed E-state index contributed by atoms with van der Waals surface area (Å²) in [6, 6.07) is 4.21. The first kappa shape index (κ1) is 18.9. The van der Waals surface area contributed by atoms with Gasteiger partial charge in [0.2, 0.25) is 5.82 Å². The Kier molecular flexibility index (Phi) is 5.76. The predicted molar refractivity (Wildman–Crippen MR) is 100 cm³/mol. The van der Waals surface area contributed by atoms with Crippen molar-refractivity contribution in [1.82, 2.24) is 15.3 Å². The van der Waals surface area contributed by atoms with E-state index in [9.17, 15) is 9.18 Å². The molecule has 0 bridgehead atoms. The lowest BCUT2D eigenvalue weighted by atomic mass is 10.3. The van der Waals surface area contributed by atoms with E-state index in [-0.39, 0.29) is 21.9 Å². The van der Waals surface area contributed by atoms with E-state index < -0.39 is 5.82 Å². The van der Waals surface area contributed by atoms with Gasteiger partial charge in [-0.25, -0.2) is 14.0 Å². The van der Waals surface area contributed by atoms with E-state index >= 15 is 0 Å². The van der Waals surface area contributed by atoms with Gasteiger partial charge in [0.15, 0.2) is 5.69 Å². The number of anilines is 2. The van der Waals surface area contributed by atoms with Crippen molar-refractivity contribution in [3.05, 3.63) is 49.8 Å². The van der Waals surface area contributed by atoms with Crippen LogP contribution in [0.15, 0.2) is 32.5 Å². The molecule has 3 rings (SSSR count). The average molecular weight is 455 g/mol. The lowest BCUT2D eigenvalue weighted by Crippen LogP contribution is -2.13. The Morgan fingerprint density at radius 3 is 2.93 bits per heavy atom. The monoisotopic (exact) mass is 454 g/mol. The summed E-state index contributed by atoms with van der Waals surface area (Å²) >= 11 is 4.33. The molecule has 27 heavy (non-hydrogen) atoms. The highest BCUT2D eigenvalue weighted by atomic mass is 79.9. The average Bonchev–Trinajstić information content (AvgIpc) is 3.20. The van der Waals surface area contributed by atoms with E-state index in [0.29, 0.717) is 16.3 Å². The van der Waals surface area contributed by atoms with Crippen LogP contribution in [0.5, 0.6) is 0 Å². The zero-order valence-electron chi connectivity index (χ0n) is 14.0. The van der Waals surface area contributed by atoms with Crippen molar-refractivity contribution in [2.75, 3.05) is 10.8 Å². The minimum atomic E-state index is -0.399. The Balaban J connectivity index is 1.61. The number of carbonyl (C=O) groups excluding carboxylic acids is 1. The van der Waals surface area contributed by atoms with Gasteiger partial charge in [0.05, 0.1) is 20.9 Å². The molecule has 3 aromatic rings. The van der Waals surface area contributed by atoms with Crippen molar-refractivity contribution in [1.29, 1.82) is 0 Å². The van der Waals surface area contributed by atoms with E-state index in [0.717, 1.165) is 5.01 Å². The Hall–Kier alpha value is -2.86. The van der Waals surface area contributed by atoms with Gasteiger partial charge in [0, 0.05) is 0 Å². The standard InChI is InChI=1S/C15H12BrFN6O3S/c1-7-13(27-8(2)19-7)15(24)20-14-12(22-26-23-14)6-18-25-21-9-3-4-11(17)10(16)5-9/h3-6,21H,1-2H3,(H,20,23,24)/b18-6+. The number of hydrogen-bond donors (Lipinski definition) is 2. The Labute approximate surface area is 164 Å². The Bertz CT molecular complexity index is 1010. The molecule has 0 spiro atoms. The van der Waals surface area contributed by atoms with Crippen LogP contribution in [0, 0.1) is 19.7 Å². The normalized spacial score (nSPS) is 11.0. The van der Waals surface area contributed by atoms with Crippen LogP contribution in [-0.4, -0.2) is 27.4 Å². The number of halogens is 2. The molecule has 0 radical (unpaired) electrons. The SMILES string of the molecule is Cc1nc(C)c(C(=O)Nc2nonc2/C=N/ONc2ccc(F)c(Br)c2)s1. The van der Waals surface area contributed by atoms with Crippen molar-refractivity contribution in [2.45, 2.75) is 13.8 Å². The number of hydrogen-bond acceptors (Lipinski definition) is 9. The van der Waals surface area contributed by atoms with Crippen LogP contribution in [0.1, 0.15) is 26.1 Å². The van der Waals surface area contributed by atoms with Crippen molar-refractivity contribution in [3.63, 3.8) is 0 Å². The highest BCUT2D eigenvalue weighted by Crippen LogP contribution is 2.20. The molecule has 0 saturated heterocycles. The topological polar surface area (TPSA) is 115 Å². The fraction of sp³-hybridized carbons (Fsp3) is 0.133. The van der Waals surface area contributed by atoms with Crippen LogP contribution in [0.25, 0.3) is 0 Å². The third kappa shape index (κ3) is 4.65. The number of aromatic nitrogens is 3. The summed E-state index contributed by atoms with van der Waals surface area (Å²) in [5, 5.41) is 14.3. The fourth-order valence-corrected chi connectivity index (χ4v) is 3.18. The minimum Gasteiger partial charge on any atom is -0.301 e. The summed E-state index contributed by atoms with van der Waals surface area (Å²) < 4.78 is 18.1. The molecule has 140 valence electrons. The van der Waals surface area contributed by atoms with Crippen LogP contribution < -0.4 is 10.8 Å². The van der Waals surface area contributed by atoms with Gasteiger partial charge < -0.3 is 5.32 Å². The van der Waals surface area contributed by atoms with E-state index in [2.05, 4.69) is 51.8 Å². The molecular formula is C15H12BrFN6O3S. The lowest BCUT2D eigenvalue weighted by molar-refractivity contribution is 0.102. The van der Waals surface area contributed by atoms with Crippen LogP contribution in [-0.2, 0) is 4.94 Å². The number of benzene rings is 1.